The van der Waals surface area contributed by atoms with Gasteiger partial charge in [-0.15, -0.1) is 0 Å². The van der Waals surface area contributed by atoms with E-state index in [-0.39, 0.29) is 0 Å². The van der Waals surface area contributed by atoms with Crippen LogP contribution >= 0.6 is 0 Å². The smallest absolute Gasteiger partial charge is 0.132 e. The normalized spacial score (nSPS) is 28.6. The summed E-state index contributed by atoms with van der Waals surface area (Å²) in [5, 5.41) is 6.79. The minimum atomic E-state index is 0.368. The van der Waals surface area contributed by atoms with Crippen molar-refractivity contribution in [3.63, 3.8) is 0 Å². The molecular formula is C14H22N4O. The molecule has 0 aliphatic carbocycles. The van der Waals surface area contributed by atoms with Gasteiger partial charge in [-0.05, 0) is 26.2 Å². The van der Waals surface area contributed by atoms with Crippen molar-refractivity contribution in [1.29, 1.82) is 0 Å². The van der Waals surface area contributed by atoms with Crippen molar-refractivity contribution < 1.29 is 4.74 Å². The van der Waals surface area contributed by atoms with Crippen molar-refractivity contribution in [3.8, 4) is 0 Å². The Hall–Kier alpha value is -1.36. The van der Waals surface area contributed by atoms with E-state index in [1.54, 1.807) is 0 Å². The summed E-state index contributed by atoms with van der Waals surface area (Å²) >= 11 is 0. The van der Waals surface area contributed by atoms with Gasteiger partial charge in [0.25, 0.3) is 0 Å². The molecule has 0 saturated carbocycles. The average Bonchev–Trinajstić information content (AvgIpc) is 3.01. The second kappa shape index (κ2) is 5.33. The van der Waals surface area contributed by atoms with Crippen LogP contribution in [-0.2, 0) is 11.2 Å². The quantitative estimate of drug-likeness (QED) is 0.852. The molecule has 104 valence electrons. The van der Waals surface area contributed by atoms with Gasteiger partial charge < -0.3 is 15.4 Å². The first kappa shape index (κ1) is 12.7. The van der Waals surface area contributed by atoms with Crippen molar-refractivity contribution in [2.45, 2.75) is 57.8 Å². The summed E-state index contributed by atoms with van der Waals surface area (Å²) in [6, 6.07) is 2.40. The summed E-state index contributed by atoms with van der Waals surface area (Å²) in [5.41, 5.74) is 0. The number of rotatable bonds is 5. The number of anilines is 2. The number of fused-ring (bicyclic) bond motifs is 2. The molecule has 19 heavy (non-hydrogen) atoms. The van der Waals surface area contributed by atoms with E-state index in [0.29, 0.717) is 18.2 Å². The zero-order chi connectivity index (χ0) is 13.2. The number of ether oxygens (including phenoxy) is 1. The summed E-state index contributed by atoms with van der Waals surface area (Å²) in [4.78, 5) is 9.03. The molecular weight excluding hydrogens is 240 g/mol. The van der Waals surface area contributed by atoms with Crippen molar-refractivity contribution in [2.24, 2.45) is 0 Å². The molecule has 2 bridgehead atoms. The number of aromatic nitrogens is 2. The number of nitrogens with zero attached hydrogens (tertiary/aromatic N) is 2. The van der Waals surface area contributed by atoms with E-state index in [2.05, 4.69) is 34.4 Å². The van der Waals surface area contributed by atoms with Gasteiger partial charge in [0.1, 0.15) is 17.5 Å². The van der Waals surface area contributed by atoms with Crippen molar-refractivity contribution in [2.75, 3.05) is 17.2 Å². The van der Waals surface area contributed by atoms with Gasteiger partial charge in [0, 0.05) is 19.0 Å². The molecule has 1 aromatic rings. The fourth-order valence-corrected chi connectivity index (χ4v) is 2.98. The van der Waals surface area contributed by atoms with Gasteiger partial charge in [0.15, 0.2) is 0 Å². The standard InChI is InChI=1S/C14H22N4O/c1-3-12-17-13(15-4-2)8-14(18-12)16-10-7-9-5-6-11(10)19-9/h8-11H,3-7H2,1-2H3,(H2,15,16,17,18). The summed E-state index contributed by atoms with van der Waals surface area (Å²) in [7, 11) is 0. The molecule has 3 heterocycles. The monoisotopic (exact) mass is 262 g/mol. The van der Waals surface area contributed by atoms with Crippen LogP contribution in [0.15, 0.2) is 6.07 Å². The van der Waals surface area contributed by atoms with E-state index in [1.165, 1.54) is 12.8 Å². The molecule has 0 aromatic carbocycles. The number of nitrogens with one attached hydrogen (secondary N) is 2. The van der Waals surface area contributed by atoms with Gasteiger partial charge in [0.2, 0.25) is 0 Å². The molecule has 3 unspecified atom stereocenters. The number of hydrogen-bond donors (Lipinski definition) is 2. The van der Waals surface area contributed by atoms with E-state index >= 15 is 0 Å². The van der Waals surface area contributed by atoms with Crippen LogP contribution in [0.3, 0.4) is 0 Å². The molecule has 0 radical (unpaired) electrons. The minimum absolute atomic E-state index is 0.368. The van der Waals surface area contributed by atoms with E-state index in [1.807, 2.05) is 6.07 Å². The van der Waals surface area contributed by atoms with Gasteiger partial charge in [-0.25, -0.2) is 9.97 Å². The summed E-state index contributed by atoms with van der Waals surface area (Å²) in [5.74, 6) is 2.70. The summed E-state index contributed by atoms with van der Waals surface area (Å²) in [6.07, 6.45) is 5.17. The molecule has 2 aliphatic rings. The van der Waals surface area contributed by atoms with Crippen LogP contribution in [0.2, 0.25) is 0 Å². The maximum absolute atomic E-state index is 5.87. The number of hydrogen-bond acceptors (Lipinski definition) is 5. The third-order valence-corrected chi connectivity index (χ3v) is 3.89. The van der Waals surface area contributed by atoms with Crippen molar-refractivity contribution in [3.05, 3.63) is 11.9 Å². The van der Waals surface area contributed by atoms with Crippen LogP contribution in [0.4, 0.5) is 11.6 Å². The highest BCUT2D eigenvalue weighted by Crippen LogP contribution is 2.35. The predicted molar refractivity (Wildman–Crippen MR) is 75.5 cm³/mol. The Balaban J connectivity index is 1.74. The molecule has 2 fully saturated rings. The largest absolute Gasteiger partial charge is 0.373 e. The SMILES string of the molecule is CCNc1cc(NC2CC3CCC2O3)nc(CC)n1. The van der Waals surface area contributed by atoms with Crippen molar-refractivity contribution in [1.82, 2.24) is 9.97 Å². The predicted octanol–water partition coefficient (Wildman–Crippen LogP) is 2.20. The second-order valence-electron chi connectivity index (χ2n) is 5.30. The Morgan fingerprint density at radius 2 is 2.11 bits per heavy atom. The van der Waals surface area contributed by atoms with Gasteiger partial charge in [-0.3, -0.25) is 0 Å². The topological polar surface area (TPSA) is 59.1 Å². The van der Waals surface area contributed by atoms with E-state index < -0.39 is 0 Å². The van der Waals surface area contributed by atoms with Crippen LogP contribution in [0.1, 0.15) is 38.9 Å². The molecule has 2 saturated heterocycles. The third kappa shape index (κ3) is 2.66. The molecule has 3 rings (SSSR count). The zero-order valence-electron chi connectivity index (χ0n) is 11.6. The van der Waals surface area contributed by atoms with Gasteiger partial charge in [-0.2, -0.15) is 0 Å². The third-order valence-electron chi connectivity index (χ3n) is 3.89. The fourth-order valence-electron chi connectivity index (χ4n) is 2.98. The van der Waals surface area contributed by atoms with Crippen LogP contribution in [0, 0.1) is 0 Å². The first-order valence-electron chi connectivity index (χ1n) is 7.32. The molecule has 2 aliphatic heterocycles. The zero-order valence-corrected chi connectivity index (χ0v) is 11.6. The Morgan fingerprint density at radius 3 is 2.74 bits per heavy atom. The average molecular weight is 262 g/mol. The van der Waals surface area contributed by atoms with E-state index in [0.717, 1.165) is 36.8 Å². The molecule has 3 atom stereocenters. The highest BCUT2D eigenvalue weighted by molar-refractivity contribution is 5.48. The molecule has 0 amide bonds. The first-order valence-corrected chi connectivity index (χ1v) is 7.32. The summed E-state index contributed by atoms with van der Waals surface area (Å²) in [6.45, 7) is 5.02. The molecule has 2 N–H and O–H groups in total. The van der Waals surface area contributed by atoms with Gasteiger partial charge in [0.05, 0.1) is 18.2 Å². The Morgan fingerprint density at radius 1 is 1.26 bits per heavy atom. The highest BCUT2D eigenvalue weighted by Gasteiger charge is 2.40. The minimum Gasteiger partial charge on any atom is -0.373 e. The lowest BCUT2D eigenvalue weighted by atomic mass is 9.95. The maximum Gasteiger partial charge on any atom is 0.132 e. The van der Waals surface area contributed by atoms with Gasteiger partial charge in [-0.1, -0.05) is 6.92 Å². The van der Waals surface area contributed by atoms with Gasteiger partial charge >= 0.3 is 0 Å². The first-order chi connectivity index (χ1) is 9.28. The Kier molecular flexibility index (Phi) is 3.55. The Labute approximate surface area is 114 Å². The molecule has 0 spiro atoms. The maximum atomic E-state index is 5.87. The summed E-state index contributed by atoms with van der Waals surface area (Å²) < 4.78 is 5.87. The Bertz CT molecular complexity index is 451. The highest BCUT2D eigenvalue weighted by atomic mass is 16.5. The number of aryl methyl sites for hydroxylation is 1. The van der Waals surface area contributed by atoms with E-state index in [4.69, 9.17) is 4.74 Å². The molecule has 5 nitrogen and oxygen atoms in total. The molecule has 1 aromatic heterocycles. The van der Waals surface area contributed by atoms with Crippen LogP contribution in [-0.4, -0.2) is 34.8 Å². The lowest BCUT2D eigenvalue weighted by Gasteiger charge is -2.21. The van der Waals surface area contributed by atoms with E-state index in [9.17, 15) is 0 Å². The van der Waals surface area contributed by atoms with Crippen LogP contribution < -0.4 is 10.6 Å². The lowest BCUT2D eigenvalue weighted by molar-refractivity contribution is 0.102. The van der Waals surface area contributed by atoms with Crippen LogP contribution in [0.5, 0.6) is 0 Å². The fraction of sp³-hybridized carbons (Fsp3) is 0.714. The lowest BCUT2D eigenvalue weighted by Crippen LogP contribution is -2.31. The van der Waals surface area contributed by atoms with Crippen molar-refractivity contribution >= 4 is 11.6 Å². The molecule has 5 heteroatoms. The van der Waals surface area contributed by atoms with Crippen LogP contribution in [0.25, 0.3) is 0 Å². The second-order valence-corrected chi connectivity index (χ2v) is 5.30.